The van der Waals surface area contributed by atoms with E-state index < -0.39 is 6.17 Å². The number of nitrogens with two attached hydrogens (primary N) is 3. The minimum absolute atomic E-state index is 0.449. The van der Waals surface area contributed by atoms with Gasteiger partial charge in [0.25, 0.3) is 0 Å². The first-order valence-electron chi connectivity index (χ1n) is 19.8. The number of aliphatic imine (C=N–C) groups is 1. The Morgan fingerprint density at radius 2 is 1.05 bits per heavy atom. The molecule has 0 fully saturated rings. The molecule has 1 atom stereocenters. The van der Waals surface area contributed by atoms with Crippen LogP contribution in [0.15, 0.2) is 199 Å². The maximum absolute atomic E-state index is 6.47. The lowest BCUT2D eigenvalue weighted by molar-refractivity contribution is 0.775. The van der Waals surface area contributed by atoms with E-state index >= 15 is 0 Å². The van der Waals surface area contributed by atoms with E-state index in [1.165, 1.54) is 27.8 Å². The summed E-state index contributed by atoms with van der Waals surface area (Å²) in [6, 6.07) is 63.6. The van der Waals surface area contributed by atoms with Crippen molar-refractivity contribution in [1.82, 2.24) is 0 Å². The van der Waals surface area contributed by atoms with E-state index in [4.69, 9.17) is 17.2 Å². The smallest absolute Gasteiger partial charge is 0.127 e. The molecule has 0 saturated carbocycles. The van der Waals surface area contributed by atoms with E-state index in [0.29, 0.717) is 5.84 Å². The number of amidine groups is 1. The predicted octanol–water partition coefficient (Wildman–Crippen LogP) is 12.3. The topological polar surface area (TPSA) is 114 Å². The SMILES string of the molecule is Cc1ccc(-c2ccc(C)cc2)cc1.N/C(=N\C(N)c1ccc(-c2ccccc2)cc1)c1ccccc1.Nc1c(Nc2ccccc2)c2c(c3ccccc13)NCC=C2. The number of benzene rings is 8. The summed E-state index contributed by atoms with van der Waals surface area (Å²) in [6.07, 6.45) is 3.78. The third kappa shape index (κ3) is 10.1. The number of nitrogen functional groups attached to an aromatic ring is 1. The van der Waals surface area contributed by atoms with Gasteiger partial charge >= 0.3 is 0 Å². The molecule has 292 valence electrons. The minimum Gasteiger partial charge on any atom is -0.397 e. The Bertz CT molecular complexity index is 2590. The highest BCUT2D eigenvalue weighted by atomic mass is 15.0. The molecule has 8 N–H and O–H groups in total. The van der Waals surface area contributed by atoms with Gasteiger partial charge in [0.15, 0.2) is 0 Å². The summed E-state index contributed by atoms with van der Waals surface area (Å²) in [4.78, 5) is 4.39. The standard InChI is InChI=1S/C20H19N3.C19H17N3.C14H14/c21-19(17-9-5-2-6-10-17)23-20(22)18-13-11-16(12-14-18)15-7-3-1-4-8-15;20-17-14-9-4-5-10-15(14)18-16(11-6-12-21-18)19(17)22-13-7-2-1-3-8-13;1-11-3-7-13(8-4-11)14-9-5-12(2)6-10-14/h1-14,20H,22H2,(H2,21,23);1-11,21-22H,12,20H2;3-10H,1-2H3. The molecule has 0 amide bonds. The molecule has 8 aromatic carbocycles. The van der Waals surface area contributed by atoms with Crippen LogP contribution in [0.3, 0.4) is 0 Å². The van der Waals surface area contributed by atoms with Crippen LogP contribution in [0.1, 0.15) is 34.0 Å². The molecule has 8 aromatic rings. The van der Waals surface area contributed by atoms with Crippen molar-refractivity contribution in [3.05, 3.63) is 222 Å². The van der Waals surface area contributed by atoms with Crippen LogP contribution in [0.2, 0.25) is 0 Å². The van der Waals surface area contributed by atoms with Gasteiger partial charge in [-0.2, -0.15) is 0 Å². The molecule has 1 aliphatic heterocycles. The van der Waals surface area contributed by atoms with Crippen LogP contribution in [0.5, 0.6) is 0 Å². The fraction of sp³-hybridized carbons (Fsp3) is 0.0755. The van der Waals surface area contributed by atoms with Crippen molar-refractivity contribution in [3.63, 3.8) is 0 Å². The fourth-order valence-electron chi connectivity index (χ4n) is 6.88. The number of anilines is 4. The van der Waals surface area contributed by atoms with Crippen molar-refractivity contribution < 1.29 is 0 Å². The molecule has 0 radical (unpaired) electrons. The zero-order chi connectivity index (χ0) is 41.0. The highest BCUT2D eigenvalue weighted by Crippen LogP contribution is 2.42. The van der Waals surface area contributed by atoms with Gasteiger partial charge in [0.05, 0.1) is 17.1 Å². The van der Waals surface area contributed by atoms with Gasteiger partial charge in [0.1, 0.15) is 12.0 Å². The second-order valence-corrected chi connectivity index (χ2v) is 14.4. The Morgan fingerprint density at radius 1 is 0.576 bits per heavy atom. The van der Waals surface area contributed by atoms with Crippen LogP contribution in [0, 0.1) is 13.8 Å². The summed E-state index contributed by atoms with van der Waals surface area (Å²) in [5.41, 5.74) is 33.0. The van der Waals surface area contributed by atoms with E-state index in [1.54, 1.807) is 0 Å². The molecule has 6 nitrogen and oxygen atoms in total. The van der Waals surface area contributed by atoms with E-state index in [-0.39, 0.29) is 0 Å². The number of fused-ring (bicyclic) bond motifs is 3. The molecule has 0 spiro atoms. The maximum Gasteiger partial charge on any atom is 0.127 e. The summed E-state index contributed by atoms with van der Waals surface area (Å²) in [7, 11) is 0. The van der Waals surface area contributed by atoms with Crippen molar-refractivity contribution in [3.8, 4) is 22.3 Å². The van der Waals surface area contributed by atoms with Gasteiger partial charge in [-0.25, -0.2) is 4.99 Å². The van der Waals surface area contributed by atoms with Gasteiger partial charge in [-0.3, -0.25) is 0 Å². The van der Waals surface area contributed by atoms with Crippen LogP contribution >= 0.6 is 0 Å². The molecule has 0 saturated heterocycles. The largest absolute Gasteiger partial charge is 0.397 e. The highest BCUT2D eigenvalue weighted by Gasteiger charge is 2.18. The minimum atomic E-state index is -0.472. The Kier molecular flexibility index (Phi) is 12.9. The molecule has 59 heavy (non-hydrogen) atoms. The van der Waals surface area contributed by atoms with Crippen molar-refractivity contribution in [2.75, 3.05) is 22.9 Å². The van der Waals surface area contributed by atoms with E-state index in [0.717, 1.165) is 62.3 Å². The summed E-state index contributed by atoms with van der Waals surface area (Å²) >= 11 is 0. The normalized spacial score (nSPS) is 12.2. The summed E-state index contributed by atoms with van der Waals surface area (Å²) in [5.74, 6) is 0.449. The average Bonchev–Trinajstić information content (AvgIpc) is 3.30. The summed E-state index contributed by atoms with van der Waals surface area (Å²) in [5, 5.41) is 9.19. The van der Waals surface area contributed by atoms with Crippen LogP contribution in [-0.4, -0.2) is 12.4 Å². The second kappa shape index (κ2) is 19.2. The van der Waals surface area contributed by atoms with Crippen molar-refractivity contribution >= 4 is 45.4 Å². The molecular formula is C53H50N6. The number of para-hydroxylation sites is 1. The molecule has 1 aliphatic rings. The van der Waals surface area contributed by atoms with Crippen molar-refractivity contribution in [2.45, 2.75) is 20.0 Å². The Labute approximate surface area is 347 Å². The third-order valence-corrected chi connectivity index (χ3v) is 10.2. The van der Waals surface area contributed by atoms with Gasteiger partial charge in [-0.05, 0) is 53.8 Å². The van der Waals surface area contributed by atoms with Gasteiger partial charge in [0, 0.05) is 34.1 Å². The molecule has 0 aliphatic carbocycles. The van der Waals surface area contributed by atoms with Gasteiger partial charge in [-0.15, -0.1) is 0 Å². The van der Waals surface area contributed by atoms with E-state index in [2.05, 4.69) is 127 Å². The Morgan fingerprint density at radius 3 is 1.63 bits per heavy atom. The van der Waals surface area contributed by atoms with Gasteiger partial charge in [-0.1, -0.05) is 199 Å². The lowest BCUT2D eigenvalue weighted by Crippen LogP contribution is -2.18. The predicted molar refractivity (Wildman–Crippen MR) is 253 cm³/mol. The van der Waals surface area contributed by atoms with Gasteiger partial charge in [0.2, 0.25) is 0 Å². The molecule has 1 heterocycles. The Hall–Kier alpha value is -7.41. The highest BCUT2D eigenvalue weighted by molar-refractivity contribution is 6.12. The molecular weight excluding hydrogens is 721 g/mol. The lowest BCUT2D eigenvalue weighted by Gasteiger charge is -2.22. The van der Waals surface area contributed by atoms with Crippen LogP contribution < -0.4 is 27.8 Å². The van der Waals surface area contributed by atoms with Crippen LogP contribution in [0.4, 0.5) is 22.7 Å². The first-order valence-corrected chi connectivity index (χ1v) is 19.8. The van der Waals surface area contributed by atoms with Crippen LogP contribution in [0.25, 0.3) is 39.1 Å². The average molecular weight is 771 g/mol. The first kappa shape index (κ1) is 39.8. The summed E-state index contributed by atoms with van der Waals surface area (Å²) < 4.78 is 0. The number of hydrogen-bond donors (Lipinski definition) is 5. The number of hydrogen-bond acceptors (Lipinski definition) is 5. The number of rotatable bonds is 7. The lowest BCUT2D eigenvalue weighted by atomic mass is 9.97. The molecule has 0 bridgehead atoms. The number of nitrogens with one attached hydrogen (secondary N) is 2. The fourth-order valence-corrected chi connectivity index (χ4v) is 6.88. The molecule has 0 aromatic heterocycles. The van der Waals surface area contributed by atoms with E-state index in [9.17, 15) is 0 Å². The van der Waals surface area contributed by atoms with Crippen molar-refractivity contribution in [2.24, 2.45) is 16.5 Å². The maximum atomic E-state index is 6.47. The molecule has 1 unspecified atom stereocenters. The monoisotopic (exact) mass is 770 g/mol. The van der Waals surface area contributed by atoms with E-state index in [1.807, 2.05) is 103 Å². The number of aryl methyl sites for hydroxylation is 2. The van der Waals surface area contributed by atoms with Gasteiger partial charge < -0.3 is 27.8 Å². The summed E-state index contributed by atoms with van der Waals surface area (Å²) in [6.45, 7) is 5.06. The second-order valence-electron chi connectivity index (χ2n) is 14.4. The van der Waals surface area contributed by atoms with Crippen LogP contribution in [-0.2, 0) is 0 Å². The first-order chi connectivity index (χ1) is 28.8. The zero-order valence-electron chi connectivity index (χ0n) is 33.5. The Balaban J connectivity index is 0.000000138. The number of nitrogens with zero attached hydrogens (tertiary/aromatic N) is 1. The quantitative estimate of drug-likeness (QED) is 0.0479. The third-order valence-electron chi connectivity index (χ3n) is 10.2. The molecule has 9 rings (SSSR count). The zero-order valence-corrected chi connectivity index (χ0v) is 33.5. The van der Waals surface area contributed by atoms with Crippen molar-refractivity contribution in [1.29, 1.82) is 0 Å². The molecule has 6 heteroatoms.